The van der Waals surface area contributed by atoms with E-state index in [9.17, 15) is 14.7 Å². The predicted octanol–water partition coefficient (Wildman–Crippen LogP) is 1.64. The zero-order chi connectivity index (χ0) is 12.4. The summed E-state index contributed by atoms with van der Waals surface area (Å²) in [6, 6.07) is 5.18. The summed E-state index contributed by atoms with van der Waals surface area (Å²) in [7, 11) is 1.18. The second kappa shape index (κ2) is 4.17. The van der Waals surface area contributed by atoms with Gasteiger partial charge >= 0.3 is 11.8 Å². The Bertz CT molecular complexity index is 627. The Morgan fingerprint density at radius 3 is 2.82 bits per heavy atom. The van der Waals surface area contributed by atoms with E-state index in [1.165, 1.54) is 25.3 Å². The number of fused-ring (bicyclic) bond motifs is 1. The highest BCUT2D eigenvalue weighted by Crippen LogP contribution is 2.26. The van der Waals surface area contributed by atoms with Gasteiger partial charge in [0.1, 0.15) is 17.1 Å². The number of carbonyl (C=O) groups excluding carboxylic acids is 1. The summed E-state index contributed by atoms with van der Waals surface area (Å²) in [4.78, 5) is 21.9. The first-order valence-corrected chi connectivity index (χ1v) is 4.63. The van der Waals surface area contributed by atoms with Gasteiger partial charge in [0.2, 0.25) is 0 Å². The lowest BCUT2D eigenvalue weighted by atomic mass is 10.2. The molecule has 0 aliphatic rings. The van der Waals surface area contributed by atoms with Crippen LogP contribution in [0.1, 0.15) is 0 Å². The average molecular weight is 236 g/mol. The average Bonchev–Trinajstić information content (AvgIpc) is 2.28. The molecule has 0 fully saturated rings. The minimum atomic E-state index is -0.883. The lowest BCUT2D eigenvalue weighted by molar-refractivity contribution is 0.121. The summed E-state index contributed by atoms with van der Waals surface area (Å²) in [5, 5.41) is 9.83. The van der Waals surface area contributed by atoms with Gasteiger partial charge in [0.05, 0.1) is 18.6 Å². The van der Waals surface area contributed by atoms with Crippen LogP contribution in [0.5, 0.6) is 11.5 Å². The number of hydrogen-bond acceptors (Lipinski definition) is 6. The van der Waals surface area contributed by atoms with Crippen molar-refractivity contribution in [3.05, 3.63) is 34.7 Å². The Hall–Kier alpha value is -2.50. The maximum Gasteiger partial charge on any atom is 0.513 e. The molecule has 0 unspecified atom stereocenters. The Balaban J connectivity index is 2.50. The van der Waals surface area contributed by atoms with Crippen molar-refractivity contribution in [1.82, 2.24) is 0 Å². The molecule has 6 nitrogen and oxygen atoms in total. The smallest absolute Gasteiger partial charge is 0.507 e. The van der Waals surface area contributed by atoms with Crippen LogP contribution >= 0.6 is 0 Å². The topological polar surface area (TPSA) is 86.0 Å². The molecule has 1 N–H and O–H groups in total. The zero-order valence-electron chi connectivity index (χ0n) is 8.80. The SMILES string of the molecule is COC(=O)Oc1ccc2c(O)cc(=O)oc2c1. The molecule has 0 bridgehead atoms. The first kappa shape index (κ1) is 11.0. The highest BCUT2D eigenvalue weighted by Gasteiger charge is 2.08. The van der Waals surface area contributed by atoms with Gasteiger partial charge in [-0.2, -0.15) is 0 Å². The fraction of sp³-hybridized carbons (Fsp3) is 0.0909. The van der Waals surface area contributed by atoms with Crippen molar-refractivity contribution in [3.8, 4) is 11.5 Å². The molecule has 1 aromatic heterocycles. The van der Waals surface area contributed by atoms with Crippen LogP contribution in [0.3, 0.4) is 0 Å². The summed E-state index contributed by atoms with van der Waals surface area (Å²) in [6.07, 6.45) is -0.883. The van der Waals surface area contributed by atoms with Gasteiger partial charge in [-0.25, -0.2) is 9.59 Å². The van der Waals surface area contributed by atoms with Gasteiger partial charge < -0.3 is 19.0 Å². The molecule has 6 heteroatoms. The standard InChI is InChI=1S/C11H8O6/c1-15-11(14)16-6-2-3-7-8(12)5-10(13)17-9(7)4-6/h2-5,12H,1H3. The van der Waals surface area contributed by atoms with Gasteiger partial charge in [0, 0.05) is 6.07 Å². The van der Waals surface area contributed by atoms with Crippen molar-refractivity contribution < 1.29 is 23.8 Å². The second-order valence-electron chi connectivity index (χ2n) is 3.16. The lowest BCUT2D eigenvalue weighted by Crippen LogP contribution is -2.07. The quantitative estimate of drug-likeness (QED) is 0.460. The first-order chi connectivity index (χ1) is 8.10. The van der Waals surface area contributed by atoms with Gasteiger partial charge in [-0.15, -0.1) is 0 Å². The molecule has 0 aliphatic carbocycles. The third-order valence-corrected chi connectivity index (χ3v) is 2.06. The first-order valence-electron chi connectivity index (χ1n) is 4.63. The molecule has 0 saturated heterocycles. The minimum absolute atomic E-state index is 0.122. The third kappa shape index (κ3) is 2.20. The largest absolute Gasteiger partial charge is 0.513 e. The molecule has 0 atom stereocenters. The fourth-order valence-electron chi connectivity index (χ4n) is 1.33. The van der Waals surface area contributed by atoms with Gasteiger partial charge in [-0.05, 0) is 12.1 Å². The Kier molecular flexibility index (Phi) is 2.70. The normalized spacial score (nSPS) is 10.2. The Morgan fingerprint density at radius 2 is 2.12 bits per heavy atom. The fourth-order valence-corrected chi connectivity index (χ4v) is 1.33. The van der Waals surface area contributed by atoms with E-state index in [0.29, 0.717) is 5.39 Å². The van der Waals surface area contributed by atoms with Crippen LogP contribution in [-0.4, -0.2) is 18.4 Å². The van der Waals surface area contributed by atoms with Crippen molar-refractivity contribution in [1.29, 1.82) is 0 Å². The van der Waals surface area contributed by atoms with Crippen molar-refractivity contribution in [3.63, 3.8) is 0 Å². The van der Waals surface area contributed by atoms with E-state index in [0.717, 1.165) is 6.07 Å². The van der Waals surface area contributed by atoms with Gasteiger partial charge in [-0.1, -0.05) is 0 Å². The molecule has 0 radical (unpaired) electrons. The van der Waals surface area contributed by atoms with Crippen molar-refractivity contribution in [2.75, 3.05) is 7.11 Å². The predicted molar refractivity (Wildman–Crippen MR) is 57.2 cm³/mol. The van der Waals surface area contributed by atoms with Gasteiger partial charge in [-0.3, -0.25) is 0 Å². The number of aromatic hydroxyl groups is 1. The molecule has 2 rings (SSSR count). The molecule has 0 saturated carbocycles. The van der Waals surface area contributed by atoms with Crippen molar-refractivity contribution in [2.45, 2.75) is 0 Å². The van der Waals surface area contributed by atoms with Crippen LogP contribution in [0.4, 0.5) is 4.79 Å². The summed E-state index contributed by atoms with van der Waals surface area (Å²) in [5.41, 5.74) is -0.568. The molecule has 88 valence electrons. The van der Waals surface area contributed by atoms with Gasteiger partial charge in [0.25, 0.3) is 0 Å². The Morgan fingerprint density at radius 1 is 1.35 bits per heavy atom. The highest BCUT2D eigenvalue weighted by atomic mass is 16.7. The monoisotopic (exact) mass is 236 g/mol. The summed E-state index contributed by atoms with van der Waals surface area (Å²) in [6.45, 7) is 0. The van der Waals surface area contributed by atoms with Crippen molar-refractivity contribution >= 4 is 17.1 Å². The second-order valence-corrected chi connectivity index (χ2v) is 3.16. The molecule has 17 heavy (non-hydrogen) atoms. The maximum atomic E-state index is 11.0. The number of hydrogen-bond donors (Lipinski definition) is 1. The van der Waals surface area contributed by atoms with Crippen LogP contribution in [0.2, 0.25) is 0 Å². The van der Waals surface area contributed by atoms with E-state index in [1.807, 2.05) is 0 Å². The molecule has 2 aromatic rings. The maximum absolute atomic E-state index is 11.0. The molecule has 0 amide bonds. The van der Waals surface area contributed by atoms with E-state index < -0.39 is 11.8 Å². The van der Waals surface area contributed by atoms with Crippen LogP contribution in [0.15, 0.2) is 33.5 Å². The molecule has 1 aromatic carbocycles. The third-order valence-electron chi connectivity index (χ3n) is 2.06. The number of ether oxygens (including phenoxy) is 2. The Labute approximate surface area is 95.0 Å². The number of carbonyl (C=O) groups is 1. The van der Waals surface area contributed by atoms with Crippen LogP contribution in [0, 0.1) is 0 Å². The molecule has 1 heterocycles. The number of rotatable bonds is 1. The van der Waals surface area contributed by atoms with E-state index >= 15 is 0 Å². The molecular weight excluding hydrogens is 228 g/mol. The zero-order valence-corrected chi connectivity index (χ0v) is 8.80. The van der Waals surface area contributed by atoms with Crippen LogP contribution in [0.25, 0.3) is 11.0 Å². The van der Waals surface area contributed by atoms with Crippen LogP contribution < -0.4 is 10.4 Å². The summed E-state index contributed by atoms with van der Waals surface area (Å²) < 4.78 is 13.9. The molecular formula is C11H8O6. The molecule has 0 spiro atoms. The summed E-state index contributed by atoms with van der Waals surface area (Å²) in [5.74, 6) is -0.0426. The van der Waals surface area contributed by atoms with E-state index in [-0.39, 0.29) is 17.1 Å². The number of methoxy groups -OCH3 is 1. The summed E-state index contributed by atoms with van der Waals surface area (Å²) >= 11 is 0. The lowest BCUT2D eigenvalue weighted by Gasteiger charge is -2.03. The van der Waals surface area contributed by atoms with E-state index in [1.54, 1.807) is 0 Å². The minimum Gasteiger partial charge on any atom is -0.507 e. The van der Waals surface area contributed by atoms with Crippen LogP contribution in [-0.2, 0) is 4.74 Å². The number of benzene rings is 1. The van der Waals surface area contributed by atoms with Gasteiger partial charge in [0.15, 0.2) is 0 Å². The van der Waals surface area contributed by atoms with Crippen molar-refractivity contribution in [2.24, 2.45) is 0 Å². The van der Waals surface area contributed by atoms with E-state index in [2.05, 4.69) is 4.74 Å². The highest BCUT2D eigenvalue weighted by molar-refractivity contribution is 5.84. The molecule has 0 aliphatic heterocycles. The van der Waals surface area contributed by atoms with E-state index in [4.69, 9.17) is 9.15 Å².